The number of carboxylic acid groups (broad SMARTS) is 1. The number of Topliss-reactive ketones (excluding diaryl/α,β-unsaturated/α-hetero) is 2. The van der Waals surface area contributed by atoms with Crippen molar-refractivity contribution in [2.24, 2.45) is 0 Å². The third kappa shape index (κ3) is 49.3. The van der Waals surface area contributed by atoms with E-state index in [1.165, 1.54) is 84.0 Å². The van der Waals surface area contributed by atoms with Crippen molar-refractivity contribution in [1.82, 2.24) is 15.5 Å². The van der Waals surface area contributed by atoms with Gasteiger partial charge >= 0.3 is 25.7 Å². The predicted molar refractivity (Wildman–Crippen MR) is 295 cm³/mol. The van der Waals surface area contributed by atoms with E-state index in [2.05, 4.69) is 48.8 Å². The largest absolute Gasteiger partial charge is 0.480 e. The van der Waals surface area contributed by atoms with E-state index in [0.717, 1.165) is 81.9 Å². The van der Waals surface area contributed by atoms with Crippen molar-refractivity contribution in [3.8, 4) is 0 Å². The zero-order chi connectivity index (χ0) is 56.3. The van der Waals surface area contributed by atoms with Crippen molar-refractivity contribution in [1.29, 1.82) is 0 Å². The van der Waals surface area contributed by atoms with Gasteiger partial charge in [0.25, 0.3) is 0 Å². The van der Waals surface area contributed by atoms with Crippen LogP contribution in [0, 0.1) is 0 Å². The normalized spacial score (nSPS) is 12.6. The van der Waals surface area contributed by atoms with Crippen LogP contribution in [-0.2, 0) is 61.4 Å². The Morgan fingerprint density at radius 2 is 0.987 bits per heavy atom. The number of phosphoric ester groups is 1. The number of aliphatic carboxylic acids is 1. The molecule has 0 aliphatic heterocycles. The number of nitrogens with one attached hydrogen (secondary N) is 2. The minimum Gasteiger partial charge on any atom is -0.480 e. The van der Waals surface area contributed by atoms with Crippen LogP contribution >= 0.6 is 7.82 Å². The predicted octanol–water partition coefficient (Wildman–Crippen LogP) is 11.3. The van der Waals surface area contributed by atoms with E-state index >= 15 is 0 Å². The second-order valence-corrected chi connectivity index (χ2v) is 21.2. The van der Waals surface area contributed by atoms with Crippen molar-refractivity contribution < 1.29 is 71.4 Å². The molecule has 2 atom stereocenters. The molecule has 0 radical (unpaired) electrons. The first-order chi connectivity index (χ1) is 36.6. The van der Waals surface area contributed by atoms with E-state index < -0.39 is 81.6 Å². The number of hydrogen-bond donors (Lipinski definition) is 4. The maximum absolute atomic E-state index is 12.8. The summed E-state index contributed by atoms with van der Waals surface area (Å²) < 4.78 is 33.9. The molecule has 0 aromatic heterocycles. The highest BCUT2D eigenvalue weighted by Crippen LogP contribution is 2.43. The third-order valence-corrected chi connectivity index (χ3v) is 13.4. The molecule has 19 heteroatoms. The Kier molecular flexibility index (Phi) is 47.5. The first kappa shape index (κ1) is 71.8. The maximum atomic E-state index is 12.8. The number of ketones is 2. The van der Waals surface area contributed by atoms with Gasteiger partial charge in [0.1, 0.15) is 24.7 Å². The smallest absolute Gasteiger partial charge is 0.472 e. The van der Waals surface area contributed by atoms with Crippen molar-refractivity contribution in [2.75, 3.05) is 46.0 Å². The van der Waals surface area contributed by atoms with Gasteiger partial charge in [0.05, 0.1) is 26.3 Å². The standard InChI is InChI=1S/C57H100N3O15P/c1-4-6-8-10-12-14-16-18-20-22-24-26-28-30-32-38-56(68)72-47-51(75-57(69)39-33-31-29-27-25-23-21-19-17-15-13-11-9-7-5-2)48-74-76(70,71)73-43-42-58-52(63)37-35-34-36-50(62)40-41-53(64)59-44-54(65)60(45-49(3)61)46-55(66)67/h18-21,51H,4-17,22-48H2,1-3H3,(H,58,63)(H,59,64)(H,66,67)(H,70,71)/b20-18+,21-19+. The molecule has 0 fully saturated rings. The van der Waals surface area contributed by atoms with Crippen LogP contribution in [0.2, 0.25) is 0 Å². The van der Waals surface area contributed by atoms with Crippen LogP contribution in [0.4, 0.5) is 0 Å². The fraction of sp³-hybridized carbons (Fsp3) is 0.789. The molecule has 18 nitrogen and oxygen atoms in total. The molecule has 4 N–H and O–H groups in total. The fourth-order valence-electron chi connectivity index (χ4n) is 7.98. The Hall–Kier alpha value is -4.25. The summed E-state index contributed by atoms with van der Waals surface area (Å²) >= 11 is 0. The molecule has 0 aromatic rings. The van der Waals surface area contributed by atoms with Gasteiger partial charge in [-0.25, -0.2) is 4.57 Å². The van der Waals surface area contributed by atoms with E-state index in [1.54, 1.807) is 0 Å². The highest BCUT2D eigenvalue weighted by molar-refractivity contribution is 7.47. The molecule has 2 unspecified atom stereocenters. The Bertz CT molecular complexity index is 1690. The first-order valence-corrected chi connectivity index (χ1v) is 30.4. The summed E-state index contributed by atoms with van der Waals surface area (Å²) in [4.78, 5) is 108. The number of carbonyl (C=O) groups is 8. The van der Waals surface area contributed by atoms with Gasteiger partial charge in [-0.3, -0.25) is 47.4 Å². The number of carboxylic acids is 1. The molecule has 0 aromatic carbocycles. The summed E-state index contributed by atoms with van der Waals surface area (Å²) in [6, 6.07) is 0. The van der Waals surface area contributed by atoms with Gasteiger partial charge in [0.15, 0.2) is 6.10 Å². The zero-order valence-corrected chi connectivity index (χ0v) is 47.9. The quantitative estimate of drug-likeness (QED) is 0.0191. The van der Waals surface area contributed by atoms with Crippen LogP contribution in [0.25, 0.3) is 0 Å². The number of carbonyl (C=O) groups excluding carboxylic acids is 7. The average Bonchev–Trinajstić information content (AvgIpc) is 3.37. The van der Waals surface area contributed by atoms with E-state index in [0.29, 0.717) is 25.7 Å². The minimum absolute atomic E-state index is 0.0519. The number of phosphoric acid groups is 1. The summed E-state index contributed by atoms with van der Waals surface area (Å²) in [6.07, 6.45) is 38.1. The van der Waals surface area contributed by atoms with Gasteiger partial charge in [0, 0.05) is 45.1 Å². The van der Waals surface area contributed by atoms with E-state index in [9.17, 15) is 47.8 Å². The van der Waals surface area contributed by atoms with Crippen molar-refractivity contribution in [2.45, 2.75) is 245 Å². The van der Waals surface area contributed by atoms with Gasteiger partial charge < -0.3 is 35.0 Å². The van der Waals surface area contributed by atoms with Gasteiger partial charge in [-0.15, -0.1) is 0 Å². The van der Waals surface area contributed by atoms with Crippen LogP contribution in [-0.4, -0.2) is 114 Å². The monoisotopic (exact) mass is 1100 g/mol. The number of unbranched alkanes of at least 4 members (excludes halogenated alkanes) is 23. The van der Waals surface area contributed by atoms with Gasteiger partial charge in [-0.1, -0.05) is 141 Å². The molecule has 3 amide bonds. The summed E-state index contributed by atoms with van der Waals surface area (Å²) in [6.45, 7) is 2.59. The Balaban J connectivity index is 4.71. The molecule has 76 heavy (non-hydrogen) atoms. The lowest BCUT2D eigenvalue weighted by molar-refractivity contribution is -0.161. The van der Waals surface area contributed by atoms with E-state index in [1.807, 2.05) is 0 Å². The maximum Gasteiger partial charge on any atom is 0.472 e. The van der Waals surface area contributed by atoms with Crippen LogP contribution in [0.15, 0.2) is 24.3 Å². The molecule has 0 aliphatic carbocycles. The second kappa shape index (κ2) is 50.3. The van der Waals surface area contributed by atoms with Crippen molar-refractivity contribution in [3.63, 3.8) is 0 Å². The molecular formula is C57H100N3O15P. The summed E-state index contributed by atoms with van der Waals surface area (Å²) in [5.74, 6) is -4.71. The number of rotatable bonds is 54. The van der Waals surface area contributed by atoms with Crippen molar-refractivity contribution in [3.05, 3.63) is 24.3 Å². The number of esters is 2. The van der Waals surface area contributed by atoms with E-state index in [-0.39, 0.29) is 64.1 Å². The summed E-state index contributed by atoms with van der Waals surface area (Å²) in [7, 11) is -4.68. The lowest BCUT2D eigenvalue weighted by atomic mass is 10.1. The molecule has 0 saturated carbocycles. The van der Waals surface area contributed by atoms with Gasteiger partial charge in [0.2, 0.25) is 17.7 Å². The summed E-state index contributed by atoms with van der Waals surface area (Å²) in [5.41, 5.74) is 0. The second-order valence-electron chi connectivity index (χ2n) is 19.8. The number of allylic oxidation sites excluding steroid dienone is 4. The molecule has 0 spiro atoms. The van der Waals surface area contributed by atoms with E-state index in [4.69, 9.17) is 23.6 Å². The Morgan fingerprint density at radius 3 is 1.50 bits per heavy atom. The van der Waals surface area contributed by atoms with Crippen LogP contribution in [0.5, 0.6) is 0 Å². The lowest BCUT2D eigenvalue weighted by Gasteiger charge is -2.20. The lowest BCUT2D eigenvalue weighted by Crippen LogP contribution is -2.44. The third-order valence-electron chi connectivity index (χ3n) is 12.4. The molecule has 0 bridgehead atoms. The number of amides is 3. The highest BCUT2D eigenvalue weighted by atomic mass is 31.2. The highest BCUT2D eigenvalue weighted by Gasteiger charge is 2.26. The van der Waals surface area contributed by atoms with Gasteiger partial charge in [-0.05, 0) is 84.0 Å². The summed E-state index contributed by atoms with van der Waals surface area (Å²) in [5, 5.41) is 13.8. The topological polar surface area (TPSA) is 258 Å². The SMILES string of the molecule is CCCCCCCC/C=C/CCCCCCCC(=O)OCC(COP(=O)(O)OCCNC(=O)CCCCC(=O)CCC(=O)NCC(=O)N(CC(C)=O)CC(=O)O)OC(=O)CCCCCCC/C=C/CCCCCCCC. The fourth-order valence-corrected chi connectivity index (χ4v) is 8.73. The molecule has 438 valence electrons. The molecule has 0 rings (SSSR count). The Morgan fingerprint density at radius 1 is 0.526 bits per heavy atom. The molecule has 0 heterocycles. The molecular weight excluding hydrogens is 998 g/mol. The Labute approximate surface area is 456 Å². The number of ether oxygens (including phenoxy) is 2. The van der Waals surface area contributed by atoms with Crippen LogP contribution in [0.1, 0.15) is 239 Å². The van der Waals surface area contributed by atoms with Crippen molar-refractivity contribution >= 4 is 55.0 Å². The average molecular weight is 1100 g/mol. The first-order valence-electron chi connectivity index (χ1n) is 28.9. The number of nitrogens with zero attached hydrogens (tertiary/aromatic N) is 1. The number of hydrogen-bond acceptors (Lipinski definition) is 13. The minimum atomic E-state index is -4.68. The molecule has 0 aliphatic rings. The zero-order valence-electron chi connectivity index (χ0n) is 47.0. The van der Waals surface area contributed by atoms with Gasteiger partial charge in [-0.2, -0.15) is 0 Å². The molecule has 0 saturated heterocycles. The van der Waals surface area contributed by atoms with Crippen LogP contribution < -0.4 is 10.6 Å². The van der Waals surface area contributed by atoms with Crippen LogP contribution in [0.3, 0.4) is 0 Å².